The van der Waals surface area contributed by atoms with Crippen molar-refractivity contribution in [3.8, 4) is 11.3 Å². The minimum absolute atomic E-state index is 0.869. The highest BCUT2D eigenvalue weighted by molar-refractivity contribution is 14.1. The summed E-state index contributed by atoms with van der Waals surface area (Å²) in [5.41, 5.74) is 3.19. The maximum atomic E-state index is 4.72. The van der Waals surface area contributed by atoms with Gasteiger partial charge in [-0.1, -0.05) is 29.5 Å². The number of nitrogens with one attached hydrogen (secondary N) is 1. The van der Waals surface area contributed by atoms with Crippen LogP contribution in [0.1, 0.15) is 0 Å². The summed E-state index contributed by atoms with van der Waals surface area (Å²) in [5, 5.41) is 7.18. The van der Waals surface area contributed by atoms with Crippen LogP contribution in [-0.4, -0.2) is 16.2 Å². The third kappa shape index (κ3) is 3.30. The molecule has 2 aromatic carbocycles. The fourth-order valence-electron chi connectivity index (χ4n) is 2.32. The number of thioether (sulfide) groups is 1. The summed E-state index contributed by atoms with van der Waals surface area (Å²) in [5.74, 6) is 0. The molecule has 0 saturated heterocycles. The van der Waals surface area contributed by atoms with Crippen molar-refractivity contribution in [1.82, 2.24) is 9.97 Å². The van der Waals surface area contributed by atoms with Gasteiger partial charge in [-0.25, -0.2) is 9.97 Å². The molecule has 0 unspecified atom stereocenters. The molecule has 0 saturated carbocycles. The zero-order valence-corrected chi connectivity index (χ0v) is 17.2. The normalized spacial score (nSPS) is 11.1. The molecular weight excluding hydrogens is 469 g/mol. The van der Waals surface area contributed by atoms with Gasteiger partial charge in [0.15, 0.2) is 10.3 Å². The molecule has 0 spiro atoms. The Hall–Kier alpha value is -1.16. The maximum absolute atomic E-state index is 4.72. The molecule has 4 aromatic rings. The van der Waals surface area contributed by atoms with E-state index in [0.717, 1.165) is 27.0 Å². The Bertz CT molecular complexity index is 992. The monoisotopic (exact) mass is 481 g/mol. The summed E-state index contributed by atoms with van der Waals surface area (Å²) in [6, 6.07) is 14.7. The lowest BCUT2D eigenvalue weighted by atomic mass is 10.2. The van der Waals surface area contributed by atoms with Crippen LogP contribution in [0.2, 0.25) is 0 Å². The molecule has 0 amide bonds. The quantitative estimate of drug-likeness (QED) is 0.267. The van der Waals surface area contributed by atoms with E-state index in [1.54, 1.807) is 34.4 Å². The number of benzene rings is 2. The maximum Gasteiger partial charge on any atom is 0.190 e. The number of fused-ring (bicyclic) bond motifs is 1. The number of anilines is 2. The summed E-state index contributed by atoms with van der Waals surface area (Å²) >= 11 is 7.29. The van der Waals surface area contributed by atoms with E-state index in [1.807, 2.05) is 0 Å². The smallest absolute Gasteiger partial charge is 0.190 e. The van der Waals surface area contributed by atoms with Gasteiger partial charge < -0.3 is 5.32 Å². The molecule has 0 radical (unpaired) electrons. The molecule has 7 heteroatoms. The second kappa shape index (κ2) is 6.99. The Morgan fingerprint density at radius 1 is 1.04 bits per heavy atom. The summed E-state index contributed by atoms with van der Waals surface area (Å²) in [6.45, 7) is 0. The molecule has 2 heterocycles. The number of para-hydroxylation sites is 1. The number of hydrogen-bond donors (Lipinski definition) is 1. The average Bonchev–Trinajstić information content (AvgIpc) is 3.22. The van der Waals surface area contributed by atoms with Gasteiger partial charge in [-0.2, -0.15) is 0 Å². The van der Waals surface area contributed by atoms with Crippen molar-refractivity contribution in [2.45, 2.75) is 4.90 Å². The highest BCUT2D eigenvalue weighted by atomic mass is 127. The predicted octanol–water partition coefficient (Wildman–Crippen LogP) is 6.49. The molecule has 1 N–H and O–H groups in total. The molecule has 0 aliphatic rings. The number of rotatable bonds is 4. The summed E-state index contributed by atoms with van der Waals surface area (Å²) < 4.78 is 2.42. The van der Waals surface area contributed by atoms with E-state index in [-0.39, 0.29) is 0 Å². The third-order valence-corrected chi connectivity index (χ3v) is 6.64. The molecule has 0 bridgehead atoms. The number of nitrogens with zero attached hydrogens (tertiary/aromatic N) is 2. The van der Waals surface area contributed by atoms with Crippen LogP contribution in [0.5, 0.6) is 0 Å². The lowest BCUT2D eigenvalue weighted by Crippen LogP contribution is -1.88. The average molecular weight is 481 g/mol. The molecule has 24 heavy (non-hydrogen) atoms. The van der Waals surface area contributed by atoms with Gasteiger partial charge in [-0.15, -0.1) is 23.1 Å². The second-order valence-electron chi connectivity index (χ2n) is 5.00. The second-order valence-corrected chi connectivity index (χ2v) is 8.98. The Morgan fingerprint density at radius 3 is 2.67 bits per heavy atom. The topological polar surface area (TPSA) is 37.8 Å². The van der Waals surface area contributed by atoms with E-state index in [9.17, 15) is 0 Å². The van der Waals surface area contributed by atoms with Gasteiger partial charge in [-0.3, -0.25) is 0 Å². The third-order valence-electron chi connectivity index (χ3n) is 3.46. The van der Waals surface area contributed by atoms with E-state index in [2.05, 4.69) is 87.0 Å². The van der Waals surface area contributed by atoms with Gasteiger partial charge in [0.2, 0.25) is 0 Å². The van der Waals surface area contributed by atoms with Crippen LogP contribution in [-0.2, 0) is 0 Å². The Labute approximate surface area is 165 Å². The zero-order chi connectivity index (χ0) is 16.5. The summed E-state index contributed by atoms with van der Waals surface area (Å²) in [6.07, 6.45) is 2.08. The first-order chi connectivity index (χ1) is 11.7. The molecule has 0 aliphatic carbocycles. The van der Waals surface area contributed by atoms with E-state index in [0.29, 0.717) is 0 Å². The first-order valence-corrected chi connectivity index (χ1v) is 11.1. The molecule has 0 fully saturated rings. The van der Waals surface area contributed by atoms with E-state index < -0.39 is 0 Å². The van der Waals surface area contributed by atoms with Gasteiger partial charge >= 0.3 is 0 Å². The molecular formula is C17H12IN3S3. The van der Waals surface area contributed by atoms with Crippen molar-refractivity contribution in [2.24, 2.45) is 0 Å². The van der Waals surface area contributed by atoms with Crippen LogP contribution in [0.3, 0.4) is 0 Å². The summed E-state index contributed by atoms with van der Waals surface area (Å²) in [7, 11) is 0. The fourth-order valence-corrected chi connectivity index (χ4v) is 4.98. The van der Waals surface area contributed by atoms with Crippen molar-refractivity contribution < 1.29 is 0 Å². The minimum Gasteiger partial charge on any atom is -0.307 e. The first-order valence-electron chi connectivity index (χ1n) is 7.15. The lowest BCUT2D eigenvalue weighted by molar-refractivity contribution is 1.35. The molecule has 3 nitrogen and oxygen atoms in total. The highest BCUT2D eigenvalue weighted by Crippen LogP contribution is 2.34. The first kappa shape index (κ1) is 16.3. The molecule has 0 atom stereocenters. The number of hydrogen-bond acceptors (Lipinski definition) is 6. The highest BCUT2D eigenvalue weighted by Gasteiger charge is 2.10. The Balaban J connectivity index is 1.61. The van der Waals surface area contributed by atoms with Crippen LogP contribution >= 0.6 is 57.0 Å². The van der Waals surface area contributed by atoms with Crippen molar-refractivity contribution in [3.63, 3.8) is 0 Å². The Kier molecular flexibility index (Phi) is 4.75. The van der Waals surface area contributed by atoms with Gasteiger partial charge in [0.05, 0.1) is 15.9 Å². The molecule has 120 valence electrons. The number of aromatic nitrogens is 2. The van der Waals surface area contributed by atoms with Gasteiger partial charge in [-0.05, 0) is 53.1 Å². The summed E-state index contributed by atoms with van der Waals surface area (Å²) in [4.78, 5) is 10.6. The predicted molar refractivity (Wildman–Crippen MR) is 115 cm³/mol. The Morgan fingerprint density at radius 2 is 1.88 bits per heavy atom. The van der Waals surface area contributed by atoms with Crippen LogP contribution in [0.25, 0.3) is 21.5 Å². The fraction of sp³-hybridized carbons (Fsp3) is 0.0588. The van der Waals surface area contributed by atoms with Crippen LogP contribution in [0, 0.1) is 3.57 Å². The van der Waals surface area contributed by atoms with Crippen LogP contribution in [0.4, 0.5) is 10.3 Å². The SMILES string of the molecule is CSc1cccc2sc(Nc3nc(-c4ccc(I)cc4)cs3)nc12. The van der Waals surface area contributed by atoms with Gasteiger partial charge in [0.25, 0.3) is 0 Å². The zero-order valence-electron chi connectivity index (χ0n) is 12.6. The lowest BCUT2D eigenvalue weighted by Gasteiger charge is -1.97. The van der Waals surface area contributed by atoms with Crippen LogP contribution in [0.15, 0.2) is 52.7 Å². The van der Waals surface area contributed by atoms with Gasteiger partial charge in [0.1, 0.15) is 0 Å². The molecule has 2 aromatic heterocycles. The molecule has 0 aliphatic heterocycles. The molecule has 4 rings (SSSR count). The number of thiazole rings is 2. The van der Waals surface area contributed by atoms with Crippen molar-refractivity contribution in [1.29, 1.82) is 0 Å². The van der Waals surface area contributed by atoms with Crippen molar-refractivity contribution in [2.75, 3.05) is 11.6 Å². The van der Waals surface area contributed by atoms with E-state index in [4.69, 9.17) is 4.98 Å². The van der Waals surface area contributed by atoms with Gasteiger partial charge in [0, 0.05) is 19.4 Å². The largest absolute Gasteiger partial charge is 0.307 e. The minimum atomic E-state index is 0.869. The van der Waals surface area contributed by atoms with E-state index in [1.165, 1.54) is 13.2 Å². The van der Waals surface area contributed by atoms with Crippen molar-refractivity contribution in [3.05, 3.63) is 51.4 Å². The number of halogens is 1. The standard InChI is InChI=1S/C17H12IN3S3/c1-22-13-3-2-4-14-15(13)20-17(24-14)21-16-19-12(9-23-16)10-5-7-11(18)8-6-10/h2-9H,1H3,(H,19,20,21). The van der Waals surface area contributed by atoms with E-state index >= 15 is 0 Å². The van der Waals surface area contributed by atoms with Crippen molar-refractivity contribution >= 4 is 77.5 Å². The van der Waals surface area contributed by atoms with Crippen LogP contribution < -0.4 is 5.32 Å².